The molecule has 2 atom stereocenters. The summed E-state index contributed by atoms with van der Waals surface area (Å²) < 4.78 is 43.2. The molecule has 102 valence electrons. The lowest BCUT2D eigenvalue weighted by Gasteiger charge is -2.22. The Balaban J connectivity index is 3.01. The Morgan fingerprint density at radius 1 is 1.28 bits per heavy atom. The summed E-state index contributed by atoms with van der Waals surface area (Å²) >= 11 is 3.29. The van der Waals surface area contributed by atoms with Crippen molar-refractivity contribution in [3.05, 3.63) is 28.2 Å². The number of alkyl halides is 3. The van der Waals surface area contributed by atoms with Crippen LogP contribution in [0.25, 0.3) is 0 Å². The minimum atomic E-state index is -4.37. The molecule has 0 amide bonds. The van der Waals surface area contributed by atoms with Crippen LogP contribution in [-0.4, -0.2) is 19.3 Å². The first-order chi connectivity index (χ1) is 8.25. The highest BCUT2D eigenvalue weighted by Gasteiger charge is 2.38. The number of nitrogens with one attached hydrogen (secondary N) is 1. The van der Waals surface area contributed by atoms with Crippen LogP contribution in [0.1, 0.15) is 25.5 Å². The van der Waals surface area contributed by atoms with Gasteiger partial charge in [0.2, 0.25) is 0 Å². The fraction of sp³-hybridized carbons (Fsp3) is 0.500. The molecule has 0 saturated heterocycles. The van der Waals surface area contributed by atoms with Gasteiger partial charge in [-0.3, -0.25) is 0 Å². The van der Waals surface area contributed by atoms with Gasteiger partial charge in [0.05, 0.1) is 0 Å². The minimum absolute atomic E-state index is 0.0991. The molecule has 0 aliphatic heterocycles. The van der Waals surface area contributed by atoms with Crippen molar-refractivity contribution >= 4 is 15.9 Å². The van der Waals surface area contributed by atoms with Crippen molar-refractivity contribution in [1.29, 1.82) is 0 Å². The molecular weight excluding hydrogens is 311 g/mol. The van der Waals surface area contributed by atoms with E-state index in [1.807, 2.05) is 6.92 Å². The zero-order chi connectivity index (χ0) is 13.9. The molecule has 1 aromatic rings. The second kappa shape index (κ2) is 5.93. The zero-order valence-corrected chi connectivity index (χ0v) is 11.9. The van der Waals surface area contributed by atoms with Gasteiger partial charge in [-0.2, -0.15) is 13.2 Å². The van der Waals surface area contributed by atoms with E-state index in [1.165, 1.54) is 6.07 Å². The second-order valence-electron chi connectivity index (χ2n) is 3.99. The van der Waals surface area contributed by atoms with Gasteiger partial charge in [-0.15, -0.1) is 0 Å². The van der Waals surface area contributed by atoms with Crippen molar-refractivity contribution in [1.82, 2.24) is 5.32 Å². The topological polar surface area (TPSA) is 21.3 Å². The molecule has 0 spiro atoms. The Kier molecular flexibility index (Phi) is 5.04. The van der Waals surface area contributed by atoms with Gasteiger partial charge in [-0.1, -0.05) is 15.9 Å². The molecule has 1 aromatic carbocycles. The summed E-state index contributed by atoms with van der Waals surface area (Å²) in [6.07, 6.45) is -6.20. The largest absolute Gasteiger partial charge is 0.481 e. The van der Waals surface area contributed by atoms with Crippen molar-refractivity contribution < 1.29 is 17.9 Å². The molecule has 0 aromatic heterocycles. The maximum absolute atomic E-state index is 12.5. The van der Waals surface area contributed by atoms with Crippen LogP contribution < -0.4 is 10.1 Å². The summed E-state index contributed by atoms with van der Waals surface area (Å²) in [6.45, 7) is 2.85. The Hall–Kier alpha value is -0.750. The van der Waals surface area contributed by atoms with Gasteiger partial charge in [0, 0.05) is 16.1 Å². The highest BCUT2D eigenvalue weighted by Crippen LogP contribution is 2.32. The van der Waals surface area contributed by atoms with Gasteiger partial charge >= 0.3 is 6.18 Å². The third-order valence-corrected chi connectivity index (χ3v) is 3.13. The quantitative estimate of drug-likeness (QED) is 0.901. The van der Waals surface area contributed by atoms with Crippen LogP contribution in [0.2, 0.25) is 0 Å². The van der Waals surface area contributed by atoms with E-state index >= 15 is 0 Å². The number of rotatable bonds is 4. The fourth-order valence-corrected chi connectivity index (χ4v) is 1.76. The zero-order valence-electron chi connectivity index (χ0n) is 10.3. The van der Waals surface area contributed by atoms with E-state index in [9.17, 15) is 13.2 Å². The van der Waals surface area contributed by atoms with Crippen molar-refractivity contribution in [2.75, 3.05) is 7.05 Å². The Morgan fingerprint density at radius 3 is 2.39 bits per heavy atom. The summed E-state index contributed by atoms with van der Waals surface area (Å²) in [6, 6.07) is 4.84. The minimum Gasteiger partial charge on any atom is -0.481 e. The first-order valence-corrected chi connectivity index (χ1v) is 6.25. The van der Waals surface area contributed by atoms with Gasteiger partial charge in [0.25, 0.3) is 0 Å². The highest BCUT2D eigenvalue weighted by molar-refractivity contribution is 9.10. The normalized spacial score (nSPS) is 15.3. The van der Waals surface area contributed by atoms with E-state index in [1.54, 1.807) is 19.2 Å². The third kappa shape index (κ3) is 3.88. The number of hydrogen-bond donors (Lipinski definition) is 1. The Morgan fingerprint density at radius 2 is 1.89 bits per heavy atom. The monoisotopic (exact) mass is 325 g/mol. The lowest BCUT2D eigenvalue weighted by Crippen LogP contribution is -2.31. The maximum atomic E-state index is 12.5. The summed E-state index contributed by atoms with van der Waals surface area (Å²) in [4.78, 5) is 0. The van der Waals surface area contributed by atoms with Crippen LogP contribution in [0, 0.1) is 0 Å². The van der Waals surface area contributed by atoms with E-state index < -0.39 is 12.3 Å². The van der Waals surface area contributed by atoms with Gasteiger partial charge in [0.1, 0.15) is 5.75 Å². The molecule has 18 heavy (non-hydrogen) atoms. The van der Waals surface area contributed by atoms with Crippen molar-refractivity contribution in [2.24, 2.45) is 0 Å². The van der Waals surface area contributed by atoms with Gasteiger partial charge < -0.3 is 10.1 Å². The van der Waals surface area contributed by atoms with Crippen LogP contribution in [-0.2, 0) is 0 Å². The lowest BCUT2D eigenvalue weighted by molar-refractivity contribution is -0.189. The van der Waals surface area contributed by atoms with E-state index in [-0.39, 0.29) is 11.8 Å². The standard InChI is InChI=1S/C12H15BrF3NO/c1-7(17-3)10-6-9(13)4-5-11(10)18-8(2)12(14,15)16/h4-8,17H,1-3H3. The average Bonchev–Trinajstić information content (AvgIpc) is 2.29. The summed E-state index contributed by atoms with van der Waals surface area (Å²) in [5.41, 5.74) is 0.683. The molecule has 2 unspecified atom stereocenters. The SMILES string of the molecule is CNC(C)c1cc(Br)ccc1OC(C)C(F)(F)F. The predicted octanol–water partition coefficient (Wildman–Crippen LogP) is 4.06. The second-order valence-corrected chi connectivity index (χ2v) is 4.91. The van der Waals surface area contributed by atoms with Crippen LogP contribution in [0.4, 0.5) is 13.2 Å². The third-order valence-electron chi connectivity index (χ3n) is 2.64. The van der Waals surface area contributed by atoms with Gasteiger partial charge in [-0.25, -0.2) is 0 Å². The summed E-state index contributed by atoms with van der Waals surface area (Å²) in [7, 11) is 1.74. The van der Waals surface area contributed by atoms with Crippen LogP contribution in [0.3, 0.4) is 0 Å². The molecule has 1 rings (SSSR count). The molecule has 0 bridgehead atoms. The fourth-order valence-electron chi connectivity index (χ4n) is 1.38. The Bertz CT molecular complexity index is 409. The van der Waals surface area contributed by atoms with Gasteiger partial charge in [-0.05, 0) is 39.1 Å². The highest BCUT2D eigenvalue weighted by atomic mass is 79.9. The molecule has 0 aliphatic carbocycles. The summed E-state index contributed by atoms with van der Waals surface area (Å²) in [5, 5.41) is 2.98. The van der Waals surface area contributed by atoms with Crippen molar-refractivity contribution in [2.45, 2.75) is 32.2 Å². The van der Waals surface area contributed by atoms with Crippen LogP contribution >= 0.6 is 15.9 Å². The molecule has 0 radical (unpaired) electrons. The maximum Gasteiger partial charge on any atom is 0.425 e. The number of halogens is 4. The first-order valence-electron chi connectivity index (χ1n) is 5.45. The van der Waals surface area contributed by atoms with Crippen molar-refractivity contribution in [3.63, 3.8) is 0 Å². The molecule has 0 saturated carbocycles. The molecule has 0 heterocycles. The molecule has 0 fully saturated rings. The Labute approximate surface area is 113 Å². The molecular formula is C12H15BrF3NO. The van der Waals surface area contributed by atoms with Crippen LogP contribution in [0.5, 0.6) is 5.75 Å². The molecule has 0 aliphatic rings. The average molecular weight is 326 g/mol. The van der Waals surface area contributed by atoms with Crippen molar-refractivity contribution in [3.8, 4) is 5.75 Å². The van der Waals surface area contributed by atoms with E-state index in [2.05, 4.69) is 21.2 Å². The smallest absolute Gasteiger partial charge is 0.425 e. The molecule has 2 nitrogen and oxygen atoms in total. The molecule has 6 heteroatoms. The first kappa shape index (κ1) is 15.3. The van der Waals surface area contributed by atoms with Gasteiger partial charge in [0.15, 0.2) is 6.10 Å². The molecule has 1 N–H and O–H groups in total. The predicted molar refractivity (Wildman–Crippen MR) is 67.8 cm³/mol. The number of benzene rings is 1. The number of hydrogen-bond acceptors (Lipinski definition) is 2. The number of ether oxygens (including phenoxy) is 1. The van der Waals surface area contributed by atoms with E-state index in [0.29, 0.717) is 5.56 Å². The van der Waals surface area contributed by atoms with Crippen LogP contribution in [0.15, 0.2) is 22.7 Å². The van der Waals surface area contributed by atoms with E-state index in [4.69, 9.17) is 4.74 Å². The van der Waals surface area contributed by atoms with E-state index in [0.717, 1.165) is 11.4 Å². The summed E-state index contributed by atoms with van der Waals surface area (Å²) in [5.74, 6) is 0.241. The lowest BCUT2D eigenvalue weighted by atomic mass is 10.1.